The number of rotatable bonds is 2. The number of carbonyl (C=O) groups excluding carboxylic acids is 1. The third-order valence-corrected chi connectivity index (χ3v) is 2.83. The van der Waals surface area contributed by atoms with Gasteiger partial charge in [-0.25, -0.2) is 4.79 Å². The zero-order chi connectivity index (χ0) is 13.9. The number of pyridine rings is 1. The van der Waals surface area contributed by atoms with Gasteiger partial charge in [-0.1, -0.05) is 12.1 Å². The summed E-state index contributed by atoms with van der Waals surface area (Å²) < 4.78 is 5.12. The number of para-hydroxylation sites is 1. The molecular weight excluding hydrogens is 256 g/mol. The van der Waals surface area contributed by atoms with Gasteiger partial charge < -0.3 is 9.73 Å². The average Bonchev–Trinajstić information content (AvgIpc) is 2.47. The first-order chi connectivity index (χ1) is 9.74. The molecule has 5 nitrogen and oxygen atoms in total. The Morgan fingerprint density at radius 2 is 1.85 bits per heavy atom. The highest BCUT2D eigenvalue weighted by atomic mass is 16.4. The lowest BCUT2D eigenvalue weighted by Gasteiger charge is -2.06. The van der Waals surface area contributed by atoms with Crippen molar-refractivity contribution in [2.45, 2.75) is 0 Å². The van der Waals surface area contributed by atoms with Crippen LogP contribution in [0.1, 0.15) is 10.4 Å². The first kappa shape index (κ1) is 12.1. The fourth-order valence-electron chi connectivity index (χ4n) is 1.90. The second-order valence-corrected chi connectivity index (χ2v) is 4.17. The predicted octanol–water partition coefficient (Wildman–Crippen LogP) is 2.44. The van der Waals surface area contributed by atoms with Crippen molar-refractivity contribution in [3.8, 4) is 0 Å². The molecule has 3 rings (SSSR count). The molecule has 0 fully saturated rings. The minimum absolute atomic E-state index is 0.284. The zero-order valence-corrected chi connectivity index (χ0v) is 10.4. The van der Waals surface area contributed by atoms with Crippen LogP contribution in [0.25, 0.3) is 11.0 Å². The molecule has 1 aromatic carbocycles. The number of hydrogen-bond donors (Lipinski definition) is 1. The maximum absolute atomic E-state index is 12.2. The molecule has 5 heteroatoms. The molecule has 0 aliphatic heterocycles. The summed E-state index contributed by atoms with van der Waals surface area (Å²) in [6.07, 6.45) is 3.16. The monoisotopic (exact) mass is 266 g/mol. The largest absolute Gasteiger partial charge is 0.422 e. The number of nitrogens with one attached hydrogen (secondary N) is 1. The second-order valence-electron chi connectivity index (χ2n) is 4.17. The molecule has 0 saturated carbocycles. The van der Waals surface area contributed by atoms with Gasteiger partial charge in [-0.2, -0.15) is 0 Å². The van der Waals surface area contributed by atoms with Crippen LogP contribution in [0.2, 0.25) is 0 Å². The van der Waals surface area contributed by atoms with E-state index in [-0.39, 0.29) is 11.5 Å². The highest BCUT2D eigenvalue weighted by Crippen LogP contribution is 2.18. The fraction of sp³-hybridized carbons (Fsp3) is 0. The van der Waals surface area contributed by atoms with Crippen molar-refractivity contribution < 1.29 is 9.21 Å². The van der Waals surface area contributed by atoms with Crippen molar-refractivity contribution in [3.05, 3.63) is 70.8 Å². The Labute approximate surface area is 113 Å². The van der Waals surface area contributed by atoms with E-state index in [0.717, 1.165) is 0 Å². The number of anilines is 1. The summed E-state index contributed by atoms with van der Waals surface area (Å²) in [6.45, 7) is 0. The molecule has 0 spiro atoms. The summed E-state index contributed by atoms with van der Waals surface area (Å²) in [7, 11) is 0. The molecule has 0 atom stereocenters. The first-order valence-electron chi connectivity index (χ1n) is 5.98. The SMILES string of the molecule is O=C(Nc1ccncc1)c1cccc2ccc(=O)oc12. The lowest BCUT2D eigenvalue weighted by atomic mass is 10.1. The van der Waals surface area contributed by atoms with Gasteiger partial charge in [0.1, 0.15) is 0 Å². The summed E-state index contributed by atoms with van der Waals surface area (Å²) in [5.41, 5.74) is 0.741. The summed E-state index contributed by atoms with van der Waals surface area (Å²) in [6, 6.07) is 11.4. The molecule has 20 heavy (non-hydrogen) atoms. The van der Waals surface area contributed by atoms with Crippen molar-refractivity contribution in [1.82, 2.24) is 4.98 Å². The number of fused-ring (bicyclic) bond motifs is 1. The van der Waals surface area contributed by atoms with Crippen molar-refractivity contribution in [3.63, 3.8) is 0 Å². The molecule has 0 saturated heterocycles. The molecular formula is C15H10N2O3. The number of aromatic nitrogens is 1. The summed E-state index contributed by atoms with van der Waals surface area (Å²) >= 11 is 0. The molecule has 0 unspecified atom stereocenters. The Morgan fingerprint density at radius 3 is 2.65 bits per heavy atom. The second kappa shape index (κ2) is 4.97. The molecule has 0 bridgehead atoms. The van der Waals surface area contributed by atoms with E-state index >= 15 is 0 Å². The van der Waals surface area contributed by atoms with Gasteiger partial charge in [0.05, 0.1) is 5.56 Å². The molecule has 2 aromatic heterocycles. The van der Waals surface area contributed by atoms with Gasteiger partial charge in [0, 0.05) is 29.5 Å². The Balaban J connectivity index is 2.03. The fourth-order valence-corrected chi connectivity index (χ4v) is 1.90. The maximum atomic E-state index is 12.2. The van der Waals surface area contributed by atoms with Crippen LogP contribution >= 0.6 is 0 Å². The van der Waals surface area contributed by atoms with Gasteiger partial charge in [0.15, 0.2) is 5.58 Å². The third-order valence-electron chi connectivity index (χ3n) is 2.83. The minimum atomic E-state index is -0.485. The van der Waals surface area contributed by atoms with Crippen LogP contribution in [0, 0.1) is 0 Å². The van der Waals surface area contributed by atoms with Crippen molar-refractivity contribution >= 4 is 22.6 Å². The number of benzene rings is 1. The van der Waals surface area contributed by atoms with Gasteiger partial charge >= 0.3 is 5.63 Å². The van der Waals surface area contributed by atoms with Crippen molar-refractivity contribution in [1.29, 1.82) is 0 Å². The lowest BCUT2D eigenvalue weighted by Crippen LogP contribution is -2.13. The van der Waals surface area contributed by atoms with Gasteiger partial charge in [-0.05, 0) is 24.3 Å². The van der Waals surface area contributed by atoms with E-state index in [9.17, 15) is 9.59 Å². The van der Waals surface area contributed by atoms with Crippen molar-refractivity contribution in [2.75, 3.05) is 5.32 Å². The Hall–Kier alpha value is -2.95. The van der Waals surface area contributed by atoms with E-state index in [1.807, 2.05) is 0 Å². The van der Waals surface area contributed by atoms with Gasteiger partial charge in [0.25, 0.3) is 5.91 Å². The molecule has 2 heterocycles. The van der Waals surface area contributed by atoms with Crippen molar-refractivity contribution in [2.24, 2.45) is 0 Å². The molecule has 0 aliphatic carbocycles. The smallest absolute Gasteiger partial charge is 0.336 e. The number of amides is 1. The van der Waals surface area contributed by atoms with Crippen LogP contribution in [0.4, 0.5) is 5.69 Å². The van der Waals surface area contributed by atoms with E-state index in [4.69, 9.17) is 4.42 Å². The Morgan fingerprint density at radius 1 is 1.05 bits per heavy atom. The predicted molar refractivity (Wildman–Crippen MR) is 74.7 cm³/mol. The van der Waals surface area contributed by atoms with Crippen LogP contribution in [-0.4, -0.2) is 10.9 Å². The van der Waals surface area contributed by atoms with E-state index in [1.165, 1.54) is 6.07 Å². The Bertz CT molecular complexity index is 825. The van der Waals surface area contributed by atoms with Gasteiger partial charge in [-0.3, -0.25) is 9.78 Å². The lowest BCUT2D eigenvalue weighted by molar-refractivity contribution is 0.102. The molecule has 98 valence electrons. The topological polar surface area (TPSA) is 72.2 Å². The van der Waals surface area contributed by atoms with Crippen LogP contribution in [0.3, 0.4) is 0 Å². The normalized spacial score (nSPS) is 10.4. The average molecular weight is 266 g/mol. The first-order valence-corrected chi connectivity index (χ1v) is 5.98. The summed E-state index contributed by atoms with van der Waals surface area (Å²) in [5, 5.41) is 3.43. The van der Waals surface area contributed by atoms with Crippen LogP contribution < -0.4 is 10.9 Å². The molecule has 0 radical (unpaired) electrons. The van der Waals surface area contributed by atoms with Gasteiger partial charge in [0.2, 0.25) is 0 Å². The summed E-state index contributed by atoms with van der Waals surface area (Å²) in [5.74, 6) is -0.337. The quantitative estimate of drug-likeness (QED) is 0.723. The maximum Gasteiger partial charge on any atom is 0.336 e. The highest BCUT2D eigenvalue weighted by Gasteiger charge is 2.12. The third kappa shape index (κ3) is 2.29. The molecule has 1 amide bonds. The Kier molecular flexibility index (Phi) is 3.01. The van der Waals surface area contributed by atoms with Gasteiger partial charge in [-0.15, -0.1) is 0 Å². The molecule has 0 aliphatic rings. The van der Waals surface area contributed by atoms with E-state index < -0.39 is 5.63 Å². The van der Waals surface area contributed by atoms with Crippen LogP contribution in [-0.2, 0) is 0 Å². The number of hydrogen-bond acceptors (Lipinski definition) is 4. The number of nitrogens with zero attached hydrogens (tertiary/aromatic N) is 1. The standard InChI is InChI=1S/C15H10N2O3/c18-13-5-4-10-2-1-3-12(14(10)20-13)15(19)17-11-6-8-16-9-7-11/h1-9H,(H,16,17,19). The minimum Gasteiger partial charge on any atom is -0.422 e. The van der Waals surface area contributed by atoms with E-state index in [1.54, 1.807) is 48.8 Å². The zero-order valence-electron chi connectivity index (χ0n) is 10.4. The highest BCUT2D eigenvalue weighted by molar-refractivity contribution is 6.11. The van der Waals surface area contributed by atoms with E-state index in [2.05, 4.69) is 10.3 Å². The molecule has 1 N–H and O–H groups in total. The number of carbonyl (C=O) groups is 1. The van der Waals surface area contributed by atoms with E-state index in [0.29, 0.717) is 16.6 Å². The molecule has 3 aromatic rings. The van der Waals surface area contributed by atoms with Crippen LogP contribution in [0.5, 0.6) is 0 Å². The van der Waals surface area contributed by atoms with Crippen LogP contribution in [0.15, 0.2) is 64.1 Å². The summed E-state index contributed by atoms with van der Waals surface area (Å²) in [4.78, 5) is 27.4.